The van der Waals surface area contributed by atoms with Crippen molar-refractivity contribution in [3.05, 3.63) is 88.0 Å². The van der Waals surface area contributed by atoms with E-state index in [1.165, 1.54) is 43.1 Å². The molecule has 12 nitrogen and oxygen atoms in total. The molecule has 0 fully saturated rings. The number of anilines is 3. The number of methoxy groups -OCH3 is 1. The van der Waals surface area contributed by atoms with Gasteiger partial charge in [0.1, 0.15) is 41.4 Å². The molecule has 51 heavy (non-hydrogen) atoms. The van der Waals surface area contributed by atoms with Crippen LogP contribution in [0.25, 0.3) is 10.2 Å². The number of fused-ring (bicyclic) bond motifs is 1. The molecule has 0 spiro atoms. The first-order valence-corrected chi connectivity index (χ1v) is 16.7. The maximum Gasteiger partial charge on any atom is 0.425 e. The van der Waals surface area contributed by atoms with Gasteiger partial charge in [0, 0.05) is 5.69 Å². The van der Waals surface area contributed by atoms with Crippen molar-refractivity contribution in [1.29, 1.82) is 0 Å². The smallest absolute Gasteiger partial charge is 0.425 e. The minimum Gasteiger partial charge on any atom is -0.487 e. The van der Waals surface area contributed by atoms with Crippen LogP contribution in [0.5, 0.6) is 11.6 Å². The van der Waals surface area contributed by atoms with Crippen LogP contribution in [-0.2, 0) is 16.1 Å². The summed E-state index contributed by atoms with van der Waals surface area (Å²) in [5, 5.41) is 3.63. The highest BCUT2D eigenvalue weighted by Crippen LogP contribution is 2.34. The Balaban J connectivity index is 1.35. The molecule has 0 aliphatic carbocycles. The molecule has 0 bridgehead atoms. The van der Waals surface area contributed by atoms with Crippen molar-refractivity contribution in [3.8, 4) is 23.5 Å². The van der Waals surface area contributed by atoms with Crippen LogP contribution in [0.4, 0.5) is 31.3 Å². The zero-order valence-electron chi connectivity index (χ0n) is 28.8. The van der Waals surface area contributed by atoms with Gasteiger partial charge < -0.3 is 24.3 Å². The summed E-state index contributed by atoms with van der Waals surface area (Å²) in [5.74, 6) is 6.28. The van der Waals surface area contributed by atoms with Gasteiger partial charge in [-0.2, -0.15) is 9.88 Å². The molecule has 3 heterocycles. The molecule has 0 radical (unpaired) electrons. The molecule has 264 valence electrons. The number of rotatable bonds is 7. The molecule has 2 aromatic carbocycles. The number of nitrogens with one attached hydrogen (secondary N) is 1. The molecule has 0 aliphatic rings. The molecule has 2 amide bonds. The van der Waals surface area contributed by atoms with E-state index in [0.717, 1.165) is 4.70 Å². The van der Waals surface area contributed by atoms with Gasteiger partial charge in [0.2, 0.25) is 5.82 Å². The first-order valence-electron chi connectivity index (χ1n) is 15.5. The summed E-state index contributed by atoms with van der Waals surface area (Å²) in [4.78, 5) is 44.9. The number of thiophene rings is 1. The molecule has 1 N–H and O–H groups in total. The Morgan fingerprint density at radius 1 is 0.961 bits per heavy atom. The fraction of sp³-hybridized carbons (Fsp3) is 0.278. The fourth-order valence-corrected chi connectivity index (χ4v) is 5.47. The number of ether oxygens (including phenoxy) is 4. The van der Waals surface area contributed by atoms with Crippen LogP contribution in [0, 0.1) is 17.7 Å². The summed E-state index contributed by atoms with van der Waals surface area (Å²) >= 11 is 7.84. The number of amides is 2. The molecule has 0 unspecified atom stereocenters. The fourth-order valence-electron chi connectivity index (χ4n) is 4.33. The first kappa shape index (κ1) is 36.8. The lowest BCUT2D eigenvalue weighted by Crippen LogP contribution is -2.44. The third-order valence-corrected chi connectivity index (χ3v) is 7.72. The molecule has 0 aliphatic heterocycles. The van der Waals surface area contributed by atoms with E-state index in [4.69, 9.17) is 30.5 Å². The second kappa shape index (κ2) is 15.2. The van der Waals surface area contributed by atoms with Crippen LogP contribution in [0.2, 0.25) is 5.02 Å². The van der Waals surface area contributed by atoms with Gasteiger partial charge >= 0.3 is 12.2 Å². The van der Waals surface area contributed by atoms with E-state index in [1.54, 1.807) is 71.9 Å². The Hall–Kier alpha value is -5.52. The average molecular weight is 733 g/mol. The molecule has 3 aromatic heterocycles. The van der Waals surface area contributed by atoms with Crippen molar-refractivity contribution in [2.75, 3.05) is 17.3 Å². The second-order valence-electron chi connectivity index (χ2n) is 12.9. The number of benzene rings is 2. The Morgan fingerprint density at radius 3 is 2.33 bits per heavy atom. The largest absolute Gasteiger partial charge is 0.487 e. The lowest BCUT2D eigenvalue weighted by Gasteiger charge is -2.28. The van der Waals surface area contributed by atoms with E-state index < -0.39 is 23.4 Å². The maximum atomic E-state index is 13.5. The zero-order chi connectivity index (χ0) is 36.9. The number of nitrogens with zero attached hydrogens (tertiary/aromatic N) is 5. The van der Waals surface area contributed by atoms with Crippen molar-refractivity contribution >= 4 is 62.7 Å². The number of carbonyl (C=O) groups excluding carboxylic acids is 2. The van der Waals surface area contributed by atoms with Crippen LogP contribution in [0.3, 0.4) is 0 Å². The minimum atomic E-state index is -1.01. The number of hydrogen-bond acceptors (Lipinski definition) is 12. The summed E-state index contributed by atoms with van der Waals surface area (Å²) in [6.07, 6.45) is 0.725. The highest BCUT2D eigenvalue weighted by molar-refractivity contribution is 7.20. The minimum absolute atomic E-state index is 0.142. The number of halogens is 2. The van der Waals surface area contributed by atoms with E-state index >= 15 is 0 Å². The van der Waals surface area contributed by atoms with Crippen LogP contribution in [-0.4, -0.2) is 50.4 Å². The topological polar surface area (TPSA) is 138 Å². The summed E-state index contributed by atoms with van der Waals surface area (Å²) in [7, 11) is 1.33. The molecule has 0 saturated carbocycles. The average Bonchev–Trinajstić information content (AvgIpc) is 3.46. The third-order valence-electron chi connectivity index (χ3n) is 6.38. The van der Waals surface area contributed by atoms with Gasteiger partial charge in [0.15, 0.2) is 5.82 Å². The number of carbonyl (C=O) groups is 2. The highest BCUT2D eigenvalue weighted by Gasteiger charge is 2.36. The summed E-state index contributed by atoms with van der Waals surface area (Å²) < 4.78 is 36.3. The summed E-state index contributed by atoms with van der Waals surface area (Å²) in [6.45, 7) is 10.2. The quantitative estimate of drug-likeness (QED) is 0.161. The predicted molar refractivity (Wildman–Crippen MR) is 192 cm³/mol. The predicted octanol–water partition coefficient (Wildman–Crippen LogP) is 8.68. The van der Waals surface area contributed by atoms with Gasteiger partial charge in [-0.1, -0.05) is 23.7 Å². The Morgan fingerprint density at radius 2 is 1.69 bits per heavy atom. The van der Waals surface area contributed by atoms with Gasteiger partial charge in [0.25, 0.3) is 5.88 Å². The molecule has 0 saturated heterocycles. The SMILES string of the molecule is COc1nc(C#Cc2cc3ncnc(Nc4ccc(OCc5cccc(F)c5)c(Cl)c4)c3s2)cnc1N(C(=O)OC(C)(C)C)C(=O)OC(C)(C)C. The summed E-state index contributed by atoms with van der Waals surface area (Å²) in [6, 6.07) is 13.2. The monoisotopic (exact) mass is 732 g/mol. The lowest BCUT2D eigenvalue weighted by molar-refractivity contribution is 0.0427. The van der Waals surface area contributed by atoms with Crippen molar-refractivity contribution < 1.29 is 32.9 Å². The lowest BCUT2D eigenvalue weighted by atomic mass is 10.2. The highest BCUT2D eigenvalue weighted by atomic mass is 35.5. The van der Waals surface area contributed by atoms with Crippen molar-refractivity contribution in [1.82, 2.24) is 19.9 Å². The van der Waals surface area contributed by atoms with E-state index in [2.05, 4.69) is 37.1 Å². The van der Waals surface area contributed by atoms with Crippen molar-refractivity contribution in [2.24, 2.45) is 0 Å². The van der Waals surface area contributed by atoms with Gasteiger partial charge in [-0.25, -0.2) is 28.9 Å². The zero-order valence-corrected chi connectivity index (χ0v) is 30.4. The van der Waals surface area contributed by atoms with Gasteiger partial charge in [-0.05, 0) is 95.3 Å². The number of aromatic nitrogens is 4. The number of hydrogen-bond donors (Lipinski definition) is 1. The van der Waals surface area contributed by atoms with Gasteiger partial charge in [-0.15, -0.1) is 11.3 Å². The van der Waals surface area contributed by atoms with Crippen LogP contribution in [0.1, 0.15) is 57.7 Å². The Kier molecular flexibility index (Phi) is 10.9. The van der Waals surface area contributed by atoms with Gasteiger partial charge in [-0.3, -0.25) is 0 Å². The van der Waals surface area contributed by atoms with Crippen molar-refractivity contribution in [2.45, 2.75) is 59.4 Å². The normalized spacial score (nSPS) is 11.3. The standard InChI is InChI=1S/C36H34ClFN6O6S/c1-35(2,3)49-33(45)44(34(46)50-36(4,5)6)31-32(47-7)43-24(18-39-31)11-13-25-17-27-29(51-25)30(41-20-40-27)42-23-12-14-28(26(37)16-23)48-19-21-9-8-10-22(38)15-21/h8-10,12,14-18,20H,19H2,1-7H3,(H,40,41,42). The molecule has 0 atom stereocenters. The Bertz CT molecular complexity index is 2130. The van der Waals surface area contributed by atoms with Crippen molar-refractivity contribution in [3.63, 3.8) is 0 Å². The molecule has 5 rings (SSSR count). The molecular formula is C36H34ClFN6O6S. The van der Waals surface area contributed by atoms with Crippen LogP contribution in [0.15, 0.2) is 61.1 Å². The van der Waals surface area contributed by atoms with E-state index in [9.17, 15) is 14.0 Å². The first-order chi connectivity index (χ1) is 24.1. The number of imide groups is 1. The Labute approximate surface area is 302 Å². The third kappa shape index (κ3) is 9.80. The van der Waals surface area contributed by atoms with E-state index in [1.807, 2.05) is 6.07 Å². The summed E-state index contributed by atoms with van der Waals surface area (Å²) in [5.41, 5.74) is 0.388. The van der Waals surface area contributed by atoms with Gasteiger partial charge in [0.05, 0.1) is 33.4 Å². The van der Waals surface area contributed by atoms with Crippen LogP contribution >= 0.6 is 22.9 Å². The molecule has 15 heteroatoms. The molecule has 5 aromatic rings. The van der Waals surface area contributed by atoms with E-state index in [0.29, 0.717) is 43.1 Å². The second-order valence-corrected chi connectivity index (χ2v) is 14.3. The van der Waals surface area contributed by atoms with E-state index in [-0.39, 0.29) is 29.8 Å². The molecular weight excluding hydrogens is 699 g/mol. The van der Waals surface area contributed by atoms with Crippen LogP contribution < -0.4 is 19.7 Å². The maximum absolute atomic E-state index is 13.5.